The Kier molecular flexibility index (Phi) is 8.15. The molecule has 2 fully saturated rings. The van der Waals surface area contributed by atoms with Crippen LogP contribution in [-0.4, -0.2) is 72.6 Å². The number of rotatable bonds is 9. The monoisotopic (exact) mass is 482 g/mol. The zero-order chi connectivity index (χ0) is 24.8. The van der Waals surface area contributed by atoms with Gasteiger partial charge in [-0.25, -0.2) is 4.39 Å². The van der Waals surface area contributed by atoms with Gasteiger partial charge in [0.2, 0.25) is 0 Å². The molecule has 0 aliphatic carbocycles. The van der Waals surface area contributed by atoms with E-state index in [4.69, 9.17) is 9.47 Å². The number of hydrogen-bond donors (Lipinski definition) is 1. The summed E-state index contributed by atoms with van der Waals surface area (Å²) >= 11 is 0. The minimum Gasteiger partial charge on any atom is -0.507 e. The molecule has 2 aromatic carbocycles. The molecule has 0 bridgehead atoms. The van der Waals surface area contributed by atoms with Gasteiger partial charge >= 0.3 is 0 Å². The topological polar surface area (TPSA) is 79.3 Å². The van der Waals surface area contributed by atoms with Gasteiger partial charge in [0.15, 0.2) is 0 Å². The van der Waals surface area contributed by atoms with Gasteiger partial charge in [-0.05, 0) is 43.2 Å². The second-order valence-corrected chi connectivity index (χ2v) is 8.69. The third kappa shape index (κ3) is 5.55. The van der Waals surface area contributed by atoms with Gasteiger partial charge in [0.1, 0.15) is 17.3 Å². The number of carbonyl (C=O) groups excluding carboxylic acids is 2. The molecule has 2 aliphatic rings. The highest BCUT2D eigenvalue weighted by atomic mass is 19.1. The molecule has 2 aromatic rings. The van der Waals surface area contributed by atoms with Crippen molar-refractivity contribution in [1.82, 2.24) is 9.80 Å². The molecule has 4 rings (SSSR count). The Morgan fingerprint density at radius 2 is 1.80 bits per heavy atom. The number of amides is 1. The van der Waals surface area contributed by atoms with E-state index in [2.05, 4.69) is 4.90 Å². The Hall–Kier alpha value is -3.23. The maximum absolute atomic E-state index is 14.9. The van der Waals surface area contributed by atoms with E-state index in [1.807, 2.05) is 6.92 Å². The van der Waals surface area contributed by atoms with Crippen LogP contribution in [0.15, 0.2) is 54.1 Å². The minimum absolute atomic E-state index is 0.103. The van der Waals surface area contributed by atoms with E-state index in [1.54, 1.807) is 42.5 Å². The summed E-state index contributed by atoms with van der Waals surface area (Å²) in [6.07, 6.45) is 1.47. The first-order valence-corrected chi connectivity index (χ1v) is 12.1. The van der Waals surface area contributed by atoms with Crippen molar-refractivity contribution < 1.29 is 28.6 Å². The molecule has 0 unspecified atom stereocenters. The Bertz CT molecular complexity index is 1080. The Morgan fingerprint density at radius 1 is 1.09 bits per heavy atom. The van der Waals surface area contributed by atoms with Crippen molar-refractivity contribution in [1.29, 1.82) is 0 Å². The second-order valence-electron chi connectivity index (χ2n) is 8.69. The van der Waals surface area contributed by atoms with Crippen LogP contribution >= 0.6 is 0 Å². The molecule has 2 aliphatic heterocycles. The molecule has 1 amide bonds. The predicted octanol–water partition coefficient (Wildman–Crippen LogP) is 3.76. The molecule has 8 heteroatoms. The van der Waals surface area contributed by atoms with Gasteiger partial charge in [-0.15, -0.1) is 0 Å². The number of morpholine rings is 1. The Balaban J connectivity index is 1.64. The minimum atomic E-state index is -1.00. The Labute approximate surface area is 204 Å². The lowest BCUT2D eigenvalue weighted by molar-refractivity contribution is -0.140. The van der Waals surface area contributed by atoms with E-state index in [1.165, 1.54) is 11.0 Å². The number of ether oxygens (including phenoxy) is 2. The third-order valence-corrected chi connectivity index (χ3v) is 6.32. The molecule has 0 radical (unpaired) electrons. The van der Waals surface area contributed by atoms with Crippen LogP contribution in [-0.2, 0) is 14.3 Å². The summed E-state index contributed by atoms with van der Waals surface area (Å²) in [6, 6.07) is 11.7. The van der Waals surface area contributed by atoms with E-state index in [0.29, 0.717) is 37.6 Å². The van der Waals surface area contributed by atoms with Gasteiger partial charge in [0.25, 0.3) is 11.7 Å². The molecular weight excluding hydrogens is 451 g/mol. The average Bonchev–Trinajstić information content (AvgIpc) is 3.13. The van der Waals surface area contributed by atoms with E-state index in [9.17, 15) is 19.1 Å². The largest absolute Gasteiger partial charge is 0.507 e. The summed E-state index contributed by atoms with van der Waals surface area (Å²) in [4.78, 5) is 29.8. The van der Waals surface area contributed by atoms with Gasteiger partial charge in [-0.1, -0.05) is 25.1 Å². The van der Waals surface area contributed by atoms with Crippen LogP contribution in [0, 0.1) is 5.82 Å². The molecule has 186 valence electrons. The molecule has 1 atom stereocenters. The van der Waals surface area contributed by atoms with E-state index >= 15 is 0 Å². The number of likely N-dealkylation sites (tertiary alicyclic amines) is 1. The molecule has 1 N–H and O–H groups in total. The number of halogens is 1. The highest BCUT2D eigenvalue weighted by Crippen LogP contribution is 2.40. The van der Waals surface area contributed by atoms with E-state index in [-0.39, 0.29) is 23.4 Å². The van der Waals surface area contributed by atoms with Crippen molar-refractivity contribution >= 4 is 17.4 Å². The fourth-order valence-electron chi connectivity index (χ4n) is 4.50. The number of aliphatic hydroxyl groups excluding tert-OH is 1. The Morgan fingerprint density at radius 3 is 2.49 bits per heavy atom. The van der Waals surface area contributed by atoms with Crippen LogP contribution < -0.4 is 4.74 Å². The van der Waals surface area contributed by atoms with Crippen molar-refractivity contribution in [3.05, 3.63) is 71.0 Å². The standard InChI is InChI=1S/C27H31FN2O5/c1-2-16-35-20-10-8-19(9-11-20)25(31)23-24(21-6-3-4-7-22(21)28)30(27(33)26(23)32)13-5-12-29-14-17-34-18-15-29/h3-4,6-11,24,31H,2,5,12-18H2,1H3/b25-23+/t24-/m1/s1. The van der Waals surface area contributed by atoms with Crippen LogP contribution in [0.5, 0.6) is 5.75 Å². The van der Waals surface area contributed by atoms with E-state index in [0.717, 1.165) is 26.1 Å². The highest BCUT2D eigenvalue weighted by molar-refractivity contribution is 6.46. The molecule has 0 saturated carbocycles. The maximum Gasteiger partial charge on any atom is 0.295 e. The number of hydrogen-bond acceptors (Lipinski definition) is 6. The quantitative estimate of drug-likeness (QED) is 0.333. The van der Waals surface area contributed by atoms with Crippen molar-refractivity contribution in [2.24, 2.45) is 0 Å². The van der Waals surface area contributed by atoms with Gasteiger partial charge < -0.3 is 19.5 Å². The van der Waals surface area contributed by atoms with Crippen LogP contribution in [0.25, 0.3) is 5.76 Å². The first-order valence-electron chi connectivity index (χ1n) is 12.1. The lowest BCUT2D eigenvalue weighted by Gasteiger charge is -2.29. The van der Waals surface area contributed by atoms with Crippen LogP contribution in [0.2, 0.25) is 0 Å². The molecule has 35 heavy (non-hydrogen) atoms. The van der Waals surface area contributed by atoms with Gasteiger partial charge in [0.05, 0.1) is 31.4 Å². The molecule has 0 spiro atoms. The predicted molar refractivity (Wildman–Crippen MR) is 130 cm³/mol. The van der Waals surface area contributed by atoms with Crippen LogP contribution in [0.1, 0.15) is 36.9 Å². The number of carbonyl (C=O) groups is 2. The SMILES string of the molecule is CCCOc1ccc(/C(O)=C2\C(=O)C(=O)N(CCCN3CCOCC3)[C@@H]2c2ccccc2F)cc1. The van der Waals surface area contributed by atoms with Crippen molar-refractivity contribution in [3.8, 4) is 5.75 Å². The summed E-state index contributed by atoms with van der Waals surface area (Å²) in [5.74, 6) is -1.77. The summed E-state index contributed by atoms with van der Waals surface area (Å²) in [5, 5.41) is 11.1. The number of aliphatic hydroxyl groups is 1. The highest BCUT2D eigenvalue weighted by Gasteiger charge is 2.46. The number of ketones is 1. The van der Waals surface area contributed by atoms with Crippen molar-refractivity contribution in [3.63, 3.8) is 0 Å². The molecule has 0 aromatic heterocycles. The lowest BCUT2D eigenvalue weighted by Crippen LogP contribution is -2.39. The summed E-state index contributed by atoms with van der Waals surface area (Å²) in [5.41, 5.74) is 0.442. The zero-order valence-electron chi connectivity index (χ0n) is 19.9. The first kappa shape index (κ1) is 24.9. The van der Waals surface area contributed by atoms with Crippen molar-refractivity contribution in [2.75, 3.05) is 46.0 Å². The first-order chi connectivity index (χ1) is 17.0. The summed E-state index contributed by atoms with van der Waals surface area (Å²) in [7, 11) is 0. The fraction of sp³-hybridized carbons (Fsp3) is 0.407. The van der Waals surface area contributed by atoms with Gasteiger partial charge in [-0.3, -0.25) is 14.5 Å². The number of benzene rings is 2. The average molecular weight is 483 g/mol. The normalized spacial score (nSPS) is 20.4. The third-order valence-electron chi connectivity index (χ3n) is 6.32. The molecule has 2 saturated heterocycles. The smallest absolute Gasteiger partial charge is 0.295 e. The molecule has 2 heterocycles. The summed E-state index contributed by atoms with van der Waals surface area (Å²) in [6.45, 7) is 6.53. The molecule has 7 nitrogen and oxygen atoms in total. The van der Waals surface area contributed by atoms with E-state index < -0.39 is 23.5 Å². The van der Waals surface area contributed by atoms with Crippen molar-refractivity contribution in [2.45, 2.75) is 25.8 Å². The molecular formula is C27H31FN2O5. The lowest BCUT2D eigenvalue weighted by atomic mass is 9.95. The number of nitrogens with zero attached hydrogens (tertiary/aromatic N) is 2. The maximum atomic E-state index is 14.9. The van der Waals surface area contributed by atoms with Crippen LogP contribution in [0.4, 0.5) is 4.39 Å². The number of Topliss-reactive ketones (excluding diaryl/α,β-unsaturated/α-hetero) is 1. The van der Waals surface area contributed by atoms with Gasteiger partial charge in [-0.2, -0.15) is 0 Å². The fourth-order valence-corrected chi connectivity index (χ4v) is 4.50. The summed E-state index contributed by atoms with van der Waals surface area (Å²) < 4.78 is 25.9. The van der Waals surface area contributed by atoms with Gasteiger partial charge in [0, 0.05) is 37.3 Å². The zero-order valence-corrected chi connectivity index (χ0v) is 19.9. The second kappa shape index (κ2) is 11.5. The van der Waals surface area contributed by atoms with Crippen LogP contribution in [0.3, 0.4) is 0 Å².